The minimum atomic E-state index is -2.36. The first-order valence-corrected chi connectivity index (χ1v) is 12.2. The summed E-state index contributed by atoms with van der Waals surface area (Å²) in [5.41, 5.74) is 1.39. The van der Waals surface area contributed by atoms with Gasteiger partial charge < -0.3 is 18.6 Å². The van der Waals surface area contributed by atoms with Crippen molar-refractivity contribution in [3.8, 4) is 0 Å². The van der Waals surface area contributed by atoms with Gasteiger partial charge in [0, 0.05) is 39.1 Å². The predicted octanol–water partition coefficient (Wildman–Crippen LogP) is 4.69. The third-order valence-electron chi connectivity index (χ3n) is 4.42. The van der Waals surface area contributed by atoms with E-state index in [0.717, 1.165) is 38.4 Å². The SMILES string of the molecule is CO[Si](CCCCCCNCCCC(CC(C)C)=NC(C)C)(OC)OC. The molecule has 0 aromatic rings. The minimum Gasteiger partial charge on any atom is -0.377 e. The number of hydrogen-bond acceptors (Lipinski definition) is 5. The van der Waals surface area contributed by atoms with Gasteiger partial charge in [0.2, 0.25) is 0 Å². The van der Waals surface area contributed by atoms with E-state index in [4.69, 9.17) is 18.3 Å². The highest BCUT2D eigenvalue weighted by Crippen LogP contribution is 2.17. The number of unbranched alkanes of at least 4 members (excludes halogenated alkanes) is 3. The molecule has 0 radical (unpaired) electrons. The molecule has 0 aliphatic rings. The molecule has 0 rings (SSSR count). The van der Waals surface area contributed by atoms with Crippen molar-refractivity contribution in [1.82, 2.24) is 5.32 Å². The summed E-state index contributed by atoms with van der Waals surface area (Å²) in [4.78, 5) is 4.79. The first kappa shape index (κ1) is 25.7. The summed E-state index contributed by atoms with van der Waals surface area (Å²) in [6.07, 6.45) is 8.21. The molecule has 5 nitrogen and oxygen atoms in total. The molecule has 6 heteroatoms. The maximum absolute atomic E-state index is 5.45. The topological polar surface area (TPSA) is 52.1 Å². The summed E-state index contributed by atoms with van der Waals surface area (Å²) in [6.45, 7) is 11.1. The van der Waals surface area contributed by atoms with Crippen LogP contribution in [0.3, 0.4) is 0 Å². The minimum absolute atomic E-state index is 0.410. The van der Waals surface area contributed by atoms with Gasteiger partial charge >= 0.3 is 8.80 Å². The number of nitrogens with one attached hydrogen (secondary N) is 1. The quantitative estimate of drug-likeness (QED) is 0.223. The average molecular weight is 389 g/mol. The monoisotopic (exact) mass is 388 g/mol. The molecule has 0 heterocycles. The van der Waals surface area contributed by atoms with Gasteiger partial charge in [-0.1, -0.05) is 26.7 Å². The summed E-state index contributed by atoms with van der Waals surface area (Å²) in [5.74, 6) is 0.691. The number of aliphatic imine (C=N–C) groups is 1. The molecule has 0 bridgehead atoms. The molecular weight excluding hydrogens is 344 g/mol. The van der Waals surface area contributed by atoms with Crippen LogP contribution in [0, 0.1) is 5.92 Å². The lowest BCUT2D eigenvalue weighted by molar-refractivity contribution is 0.122. The van der Waals surface area contributed by atoms with Gasteiger partial charge in [0.15, 0.2) is 0 Å². The Labute approximate surface area is 163 Å². The van der Waals surface area contributed by atoms with Gasteiger partial charge in [-0.15, -0.1) is 0 Å². The maximum atomic E-state index is 5.45. The zero-order chi connectivity index (χ0) is 19.8. The van der Waals surface area contributed by atoms with E-state index < -0.39 is 8.80 Å². The van der Waals surface area contributed by atoms with Gasteiger partial charge in [0.1, 0.15) is 0 Å². The largest absolute Gasteiger partial charge is 0.500 e. The first-order chi connectivity index (χ1) is 12.4. The fourth-order valence-corrected chi connectivity index (χ4v) is 4.89. The predicted molar refractivity (Wildman–Crippen MR) is 114 cm³/mol. The van der Waals surface area contributed by atoms with Crippen molar-refractivity contribution in [3.63, 3.8) is 0 Å². The van der Waals surface area contributed by atoms with E-state index in [2.05, 4.69) is 33.0 Å². The number of nitrogens with zero attached hydrogens (tertiary/aromatic N) is 1. The van der Waals surface area contributed by atoms with E-state index in [0.29, 0.717) is 12.0 Å². The summed E-state index contributed by atoms with van der Waals surface area (Å²) in [7, 11) is 2.68. The fourth-order valence-electron chi connectivity index (χ4n) is 3.10. The molecule has 1 N–H and O–H groups in total. The van der Waals surface area contributed by atoms with Crippen LogP contribution >= 0.6 is 0 Å². The molecule has 0 aliphatic carbocycles. The zero-order valence-electron chi connectivity index (χ0n) is 18.4. The van der Waals surface area contributed by atoms with Gasteiger partial charge in [0.05, 0.1) is 0 Å². The molecule has 0 saturated heterocycles. The van der Waals surface area contributed by atoms with Gasteiger partial charge in [0.25, 0.3) is 0 Å². The third kappa shape index (κ3) is 13.0. The van der Waals surface area contributed by atoms with Crippen LogP contribution in [-0.2, 0) is 13.3 Å². The van der Waals surface area contributed by atoms with E-state index in [9.17, 15) is 0 Å². The number of hydrogen-bond donors (Lipinski definition) is 1. The van der Waals surface area contributed by atoms with Gasteiger partial charge in [-0.3, -0.25) is 4.99 Å². The van der Waals surface area contributed by atoms with E-state index in [1.165, 1.54) is 31.4 Å². The Hall–Kier alpha value is -0.273. The van der Waals surface area contributed by atoms with Crippen molar-refractivity contribution in [2.45, 2.75) is 84.7 Å². The van der Waals surface area contributed by atoms with E-state index in [1.54, 1.807) is 21.3 Å². The number of rotatable bonds is 17. The lowest BCUT2D eigenvalue weighted by atomic mass is 10.0. The van der Waals surface area contributed by atoms with Crippen molar-refractivity contribution in [2.75, 3.05) is 34.4 Å². The van der Waals surface area contributed by atoms with Gasteiger partial charge in [-0.25, -0.2) is 0 Å². The first-order valence-electron chi connectivity index (χ1n) is 10.3. The van der Waals surface area contributed by atoms with Crippen LogP contribution in [0.25, 0.3) is 0 Å². The summed E-state index contributed by atoms with van der Waals surface area (Å²) in [5, 5.41) is 3.57. The lowest BCUT2D eigenvalue weighted by Crippen LogP contribution is -2.42. The molecule has 0 aromatic carbocycles. The molecule has 0 amide bonds. The molecule has 0 saturated carbocycles. The molecule has 0 fully saturated rings. The molecular formula is C20H44N2O3Si. The van der Waals surface area contributed by atoms with Crippen molar-refractivity contribution < 1.29 is 13.3 Å². The Morgan fingerprint density at radius 2 is 1.42 bits per heavy atom. The van der Waals surface area contributed by atoms with Crippen LogP contribution in [0.4, 0.5) is 0 Å². The molecule has 156 valence electrons. The highest BCUT2D eigenvalue weighted by atomic mass is 28.4. The van der Waals surface area contributed by atoms with Crippen LogP contribution in [0.5, 0.6) is 0 Å². The molecule has 26 heavy (non-hydrogen) atoms. The van der Waals surface area contributed by atoms with Crippen molar-refractivity contribution in [3.05, 3.63) is 0 Å². The second kappa shape index (κ2) is 15.8. The second-order valence-corrected chi connectivity index (χ2v) is 10.8. The lowest BCUT2D eigenvalue weighted by Gasteiger charge is -2.24. The highest BCUT2D eigenvalue weighted by Gasteiger charge is 2.36. The van der Waals surface area contributed by atoms with Crippen molar-refractivity contribution in [2.24, 2.45) is 10.9 Å². The van der Waals surface area contributed by atoms with Gasteiger partial charge in [-0.05, 0) is 65.0 Å². The standard InChI is InChI=1S/C20H44N2O3Si/c1-18(2)17-20(22-19(3)4)13-12-15-21-14-10-8-9-11-16-26(23-5,24-6)25-7/h18-19,21H,8-17H2,1-7H3. The van der Waals surface area contributed by atoms with Crippen LogP contribution in [0.1, 0.15) is 72.6 Å². The Morgan fingerprint density at radius 3 is 1.96 bits per heavy atom. The third-order valence-corrected chi connectivity index (χ3v) is 7.26. The summed E-state index contributed by atoms with van der Waals surface area (Å²) < 4.78 is 16.3. The fraction of sp³-hybridized carbons (Fsp3) is 0.950. The van der Waals surface area contributed by atoms with E-state index in [1.807, 2.05) is 0 Å². The van der Waals surface area contributed by atoms with Gasteiger partial charge in [-0.2, -0.15) is 0 Å². The van der Waals surface area contributed by atoms with Crippen LogP contribution in [0.2, 0.25) is 6.04 Å². The Bertz CT molecular complexity index is 351. The van der Waals surface area contributed by atoms with E-state index >= 15 is 0 Å². The maximum Gasteiger partial charge on any atom is 0.500 e. The summed E-state index contributed by atoms with van der Waals surface area (Å²) >= 11 is 0. The Kier molecular flexibility index (Phi) is 15.6. The Morgan fingerprint density at radius 1 is 0.846 bits per heavy atom. The normalized spacial score (nSPS) is 13.2. The Balaban J connectivity index is 3.69. The van der Waals surface area contributed by atoms with Crippen LogP contribution in [0.15, 0.2) is 4.99 Å². The smallest absolute Gasteiger partial charge is 0.377 e. The molecule has 0 unspecified atom stereocenters. The average Bonchev–Trinajstić information content (AvgIpc) is 2.59. The van der Waals surface area contributed by atoms with Crippen LogP contribution in [-0.4, -0.2) is 55.0 Å². The highest BCUT2D eigenvalue weighted by molar-refractivity contribution is 6.60. The molecule has 0 spiro atoms. The molecule has 0 aromatic heterocycles. The van der Waals surface area contributed by atoms with Crippen molar-refractivity contribution in [1.29, 1.82) is 0 Å². The second-order valence-electron chi connectivity index (χ2n) is 7.70. The van der Waals surface area contributed by atoms with Crippen molar-refractivity contribution >= 4 is 14.5 Å². The summed E-state index contributed by atoms with van der Waals surface area (Å²) in [6, 6.07) is 1.31. The zero-order valence-corrected chi connectivity index (χ0v) is 19.4. The van der Waals surface area contributed by atoms with Crippen LogP contribution < -0.4 is 5.32 Å². The molecule has 0 aliphatic heterocycles. The van der Waals surface area contributed by atoms with E-state index in [-0.39, 0.29) is 0 Å². The molecule has 0 atom stereocenters.